The van der Waals surface area contributed by atoms with Gasteiger partial charge in [0.2, 0.25) is 0 Å². The second kappa shape index (κ2) is 4.27. The van der Waals surface area contributed by atoms with Gasteiger partial charge in [-0.2, -0.15) is 5.10 Å². The number of aliphatic carboxylic acids is 1. The summed E-state index contributed by atoms with van der Waals surface area (Å²) < 4.78 is 1.52. The zero-order chi connectivity index (χ0) is 12.7. The van der Waals surface area contributed by atoms with E-state index in [-0.39, 0.29) is 5.92 Å². The molecule has 0 saturated carbocycles. The summed E-state index contributed by atoms with van der Waals surface area (Å²) in [6.07, 6.45) is 0. The first-order valence-electron chi connectivity index (χ1n) is 5.09. The molecule has 1 fully saturated rings. The number of hydrogen-bond donors (Lipinski definition) is 1. The highest BCUT2D eigenvalue weighted by atomic mass is 35.5. The molecule has 0 aliphatic carbocycles. The fourth-order valence-corrected chi connectivity index (χ4v) is 2.58. The molecule has 0 radical (unpaired) electrons. The molecule has 0 aromatic carbocycles. The first kappa shape index (κ1) is 12.3. The Hall–Kier alpha value is -1.14. The smallest absolute Gasteiger partial charge is 0.314 e. The molecule has 92 valence electrons. The first-order chi connectivity index (χ1) is 7.91. The Kier molecular flexibility index (Phi) is 3.09. The Morgan fingerprint density at radius 3 is 2.76 bits per heavy atom. The van der Waals surface area contributed by atoms with Crippen molar-refractivity contribution in [3.8, 4) is 0 Å². The molecule has 0 amide bonds. The predicted octanol–water partition coefficient (Wildman–Crippen LogP) is 1.13. The topological polar surface area (TPSA) is 58.4 Å². The van der Waals surface area contributed by atoms with Crippen molar-refractivity contribution in [3.05, 3.63) is 16.9 Å². The lowest BCUT2D eigenvalue weighted by Gasteiger charge is -2.10. The number of aromatic nitrogens is 2. The summed E-state index contributed by atoms with van der Waals surface area (Å²) in [4.78, 5) is 13.5. The molecule has 5 nitrogen and oxygen atoms in total. The standard InChI is InChI=1S/C10H12ClN3O2S/c1-13-4-5(8(9(13)17)10(15)16)6-3-7(11)14(2)12-6/h3,5,8H,4H2,1-2H3,(H,15,16). The van der Waals surface area contributed by atoms with E-state index in [0.717, 1.165) is 0 Å². The third-order valence-corrected chi connectivity index (χ3v) is 3.92. The molecule has 1 aliphatic rings. The Morgan fingerprint density at radius 1 is 1.65 bits per heavy atom. The maximum atomic E-state index is 11.3. The largest absolute Gasteiger partial charge is 0.481 e. The van der Waals surface area contributed by atoms with Crippen LogP contribution in [0.4, 0.5) is 0 Å². The number of thiocarbonyl (C=S) groups is 1. The van der Waals surface area contributed by atoms with Gasteiger partial charge < -0.3 is 10.0 Å². The summed E-state index contributed by atoms with van der Waals surface area (Å²) >= 11 is 11.0. The average Bonchev–Trinajstić information content (AvgIpc) is 2.70. The van der Waals surface area contributed by atoms with Crippen molar-refractivity contribution < 1.29 is 9.90 Å². The second-order valence-corrected chi connectivity index (χ2v) is 4.96. The highest BCUT2D eigenvalue weighted by molar-refractivity contribution is 7.80. The van der Waals surface area contributed by atoms with E-state index in [1.165, 1.54) is 4.68 Å². The van der Waals surface area contributed by atoms with Crippen LogP contribution in [0, 0.1) is 5.92 Å². The van der Waals surface area contributed by atoms with Crippen LogP contribution >= 0.6 is 23.8 Å². The zero-order valence-electron chi connectivity index (χ0n) is 9.42. The van der Waals surface area contributed by atoms with Crippen LogP contribution in [-0.2, 0) is 11.8 Å². The van der Waals surface area contributed by atoms with Crippen LogP contribution in [0.3, 0.4) is 0 Å². The van der Waals surface area contributed by atoms with Gasteiger partial charge in [0.15, 0.2) is 0 Å². The van der Waals surface area contributed by atoms with Crippen molar-refractivity contribution >= 4 is 34.8 Å². The lowest BCUT2D eigenvalue weighted by molar-refractivity contribution is -0.139. The fraction of sp³-hybridized carbons (Fsp3) is 0.500. The summed E-state index contributed by atoms with van der Waals surface area (Å²) in [6.45, 7) is 0.559. The number of carbonyl (C=O) groups is 1. The molecule has 7 heteroatoms. The van der Waals surface area contributed by atoms with Crippen LogP contribution in [0.15, 0.2) is 6.07 Å². The molecule has 2 unspecified atom stereocenters. The zero-order valence-corrected chi connectivity index (χ0v) is 11.0. The molecular weight excluding hydrogens is 262 g/mol. The third-order valence-electron chi connectivity index (χ3n) is 3.00. The lowest BCUT2D eigenvalue weighted by Crippen LogP contribution is -2.26. The molecule has 0 bridgehead atoms. The van der Waals surface area contributed by atoms with Crippen LogP contribution in [-0.4, -0.2) is 44.3 Å². The Balaban J connectivity index is 2.37. The molecule has 1 aliphatic heterocycles. The summed E-state index contributed by atoms with van der Waals surface area (Å²) in [5.74, 6) is -1.84. The highest BCUT2D eigenvalue weighted by Crippen LogP contribution is 2.34. The SMILES string of the molecule is CN1CC(c2cc(Cl)n(C)n2)C(C(=O)O)C1=S. The van der Waals surface area contributed by atoms with E-state index in [4.69, 9.17) is 23.8 Å². The number of likely N-dealkylation sites (tertiary alicyclic amines) is 1. The molecular formula is C10H12ClN3O2S. The minimum absolute atomic E-state index is 0.233. The number of aryl methyl sites for hydroxylation is 1. The van der Waals surface area contributed by atoms with Crippen LogP contribution in [0.5, 0.6) is 0 Å². The van der Waals surface area contributed by atoms with E-state index in [0.29, 0.717) is 22.4 Å². The van der Waals surface area contributed by atoms with Crippen LogP contribution in [0.1, 0.15) is 11.6 Å². The molecule has 2 atom stereocenters. The van der Waals surface area contributed by atoms with Crippen molar-refractivity contribution in [2.45, 2.75) is 5.92 Å². The minimum Gasteiger partial charge on any atom is -0.481 e. The molecule has 1 aromatic heterocycles. The summed E-state index contributed by atoms with van der Waals surface area (Å²) in [6, 6.07) is 1.70. The van der Waals surface area contributed by atoms with Crippen molar-refractivity contribution in [1.29, 1.82) is 0 Å². The van der Waals surface area contributed by atoms with Gasteiger partial charge in [0.05, 0.1) is 10.7 Å². The lowest BCUT2D eigenvalue weighted by atomic mass is 9.93. The van der Waals surface area contributed by atoms with Gasteiger partial charge in [-0.15, -0.1) is 0 Å². The monoisotopic (exact) mass is 273 g/mol. The average molecular weight is 274 g/mol. The van der Waals surface area contributed by atoms with E-state index in [9.17, 15) is 9.90 Å². The number of halogens is 1. The van der Waals surface area contributed by atoms with Gasteiger partial charge in [-0.05, 0) is 6.07 Å². The number of hydrogen-bond acceptors (Lipinski definition) is 3. The molecule has 2 heterocycles. The maximum Gasteiger partial charge on any atom is 0.314 e. The number of carboxylic acid groups (broad SMARTS) is 1. The molecule has 2 rings (SSSR count). The van der Waals surface area contributed by atoms with Gasteiger partial charge in [-0.1, -0.05) is 23.8 Å². The van der Waals surface area contributed by atoms with E-state index in [2.05, 4.69) is 5.10 Å². The van der Waals surface area contributed by atoms with Gasteiger partial charge in [-0.25, -0.2) is 0 Å². The fourth-order valence-electron chi connectivity index (χ4n) is 2.09. The molecule has 0 spiro atoms. The first-order valence-corrected chi connectivity index (χ1v) is 5.87. The molecule has 17 heavy (non-hydrogen) atoms. The Morgan fingerprint density at radius 2 is 2.29 bits per heavy atom. The van der Waals surface area contributed by atoms with Crippen molar-refractivity contribution in [2.24, 2.45) is 13.0 Å². The molecule has 1 aromatic rings. The molecule has 1 saturated heterocycles. The number of likely N-dealkylation sites (N-methyl/N-ethyl adjacent to an activating group) is 1. The summed E-state index contributed by atoms with van der Waals surface area (Å²) in [7, 11) is 3.52. The summed E-state index contributed by atoms with van der Waals surface area (Å²) in [5, 5.41) is 13.9. The highest BCUT2D eigenvalue weighted by Gasteiger charge is 2.42. The quantitative estimate of drug-likeness (QED) is 0.819. The second-order valence-electron chi connectivity index (χ2n) is 4.16. The number of carboxylic acids is 1. The number of rotatable bonds is 2. The van der Waals surface area contributed by atoms with Crippen LogP contribution in [0.2, 0.25) is 5.15 Å². The van der Waals surface area contributed by atoms with Gasteiger partial charge in [0.1, 0.15) is 11.1 Å². The minimum atomic E-state index is -0.911. The van der Waals surface area contributed by atoms with Gasteiger partial charge in [-0.3, -0.25) is 9.48 Å². The van der Waals surface area contributed by atoms with Crippen molar-refractivity contribution in [3.63, 3.8) is 0 Å². The number of nitrogens with zero attached hydrogens (tertiary/aromatic N) is 3. The van der Waals surface area contributed by atoms with Gasteiger partial charge in [0.25, 0.3) is 0 Å². The van der Waals surface area contributed by atoms with E-state index in [1.54, 1.807) is 25.1 Å². The van der Waals surface area contributed by atoms with E-state index < -0.39 is 11.9 Å². The van der Waals surface area contributed by atoms with Crippen molar-refractivity contribution in [1.82, 2.24) is 14.7 Å². The normalized spacial score (nSPS) is 24.4. The van der Waals surface area contributed by atoms with Crippen LogP contribution in [0.25, 0.3) is 0 Å². The Bertz CT molecular complexity index is 468. The van der Waals surface area contributed by atoms with Crippen molar-refractivity contribution in [2.75, 3.05) is 13.6 Å². The Labute approximate surface area is 109 Å². The van der Waals surface area contributed by atoms with E-state index in [1.807, 2.05) is 0 Å². The third kappa shape index (κ3) is 2.02. The van der Waals surface area contributed by atoms with Crippen LogP contribution < -0.4 is 0 Å². The summed E-state index contributed by atoms with van der Waals surface area (Å²) in [5.41, 5.74) is 0.677. The predicted molar refractivity (Wildman–Crippen MR) is 67.3 cm³/mol. The molecule has 1 N–H and O–H groups in total. The van der Waals surface area contributed by atoms with E-state index >= 15 is 0 Å². The van der Waals surface area contributed by atoms with Gasteiger partial charge in [0, 0.05) is 26.6 Å². The maximum absolute atomic E-state index is 11.3. The van der Waals surface area contributed by atoms with Gasteiger partial charge >= 0.3 is 5.97 Å².